The van der Waals surface area contributed by atoms with E-state index in [9.17, 15) is 8.42 Å². The number of anilines is 1. The molecule has 0 N–H and O–H groups in total. The molecule has 3 nitrogen and oxygen atoms in total. The topological polar surface area (TPSA) is 37.4 Å². The first-order chi connectivity index (χ1) is 11.7. The molecule has 0 unspecified atom stereocenters. The van der Waals surface area contributed by atoms with E-state index in [0.29, 0.717) is 11.4 Å². The monoisotopic (exact) mass is 335 g/mol. The SMILES string of the molecule is O=S(=O)(c1ccc(-c2ccccc2)cc1)N1CCc2ccccc21. The van der Waals surface area contributed by atoms with Gasteiger partial charge in [0.2, 0.25) is 0 Å². The first-order valence-corrected chi connectivity index (χ1v) is 9.36. The van der Waals surface area contributed by atoms with Crippen molar-refractivity contribution in [2.75, 3.05) is 10.8 Å². The van der Waals surface area contributed by atoms with Crippen LogP contribution in [0.25, 0.3) is 11.1 Å². The van der Waals surface area contributed by atoms with Gasteiger partial charge in [-0.1, -0.05) is 60.7 Å². The minimum atomic E-state index is -3.52. The van der Waals surface area contributed by atoms with Gasteiger partial charge in [-0.15, -0.1) is 0 Å². The van der Waals surface area contributed by atoms with E-state index in [-0.39, 0.29) is 0 Å². The molecule has 0 bridgehead atoms. The second-order valence-corrected chi connectivity index (χ2v) is 7.71. The molecular formula is C20H17NO2S. The van der Waals surface area contributed by atoms with E-state index in [1.165, 1.54) is 4.31 Å². The van der Waals surface area contributed by atoms with Gasteiger partial charge in [0.15, 0.2) is 0 Å². The molecule has 1 aliphatic rings. The summed E-state index contributed by atoms with van der Waals surface area (Å²) in [6, 6.07) is 24.7. The van der Waals surface area contributed by atoms with Crippen LogP contribution in [-0.2, 0) is 16.4 Å². The quantitative estimate of drug-likeness (QED) is 0.722. The van der Waals surface area contributed by atoms with Crippen LogP contribution in [0, 0.1) is 0 Å². The lowest BCUT2D eigenvalue weighted by molar-refractivity contribution is 0.592. The molecule has 0 fully saturated rings. The first kappa shape index (κ1) is 15.0. The molecule has 0 aliphatic carbocycles. The van der Waals surface area contributed by atoms with Crippen molar-refractivity contribution >= 4 is 15.7 Å². The fraction of sp³-hybridized carbons (Fsp3) is 0.100. The second kappa shape index (κ2) is 5.80. The Bertz CT molecular complexity index is 964. The lowest BCUT2D eigenvalue weighted by Crippen LogP contribution is -2.29. The van der Waals surface area contributed by atoms with Gasteiger partial charge >= 0.3 is 0 Å². The standard InChI is InChI=1S/C20H17NO2S/c22-24(23,21-15-14-18-8-4-5-9-20(18)21)19-12-10-17(11-13-19)16-6-2-1-3-7-16/h1-13H,14-15H2. The molecule has 4 heteroatoms. The minimum Gasteiger partial charge on any atom is -0.266 e. The molecule has 1 aliphatic heterocycles. The Balaban J connectivity index is 1.69. The van der Waals surface area contributed by atoms with Crippen molar-refractivity contribution in [3.8, 4) is 11.1 Å². The number of hydrogen-bond donors (Lipinski definition) is 0. The first-order valence-electron chi connectivity index (χ1n) is 7.92. The zero-order chi connectivity index (χ0) is 16.6. The summed E-state index contributed by atoms with van der Waals surface area (Å²) >= 11 is 0. The van der Waals surface area contributed by atoms with Gasteiger partial charge in [-0.3, -0.25) is 4.31 Å². The molecule has 0 atom stereocenters. The van der Waals surface area contributed by atoms with Gasteiger partial charge in [0.25, 0.3) is 10.0 Å². The molecule has 0 saturated heterocycles. The Kier molecular flexibility index (Phi) is 3.62. The van der Waals surface area contributed by atoms with Gasteiger partial charge in [-0.05, 0) is 41.3 Å². The van der Waals surface area contributed by atoms with Gasteiger partial charge in [-0.2, -0.15) is 0 Å². The fourth-order valence-corrected chi connectivity index (χ4v) is 4.64. The van der Waals surface area contributed by atoms with E-state index < -0.39 is 10.0 Å². The van der Waals surface area contributed by atoms with Crippen molar-refractivity contribution < 1.29 is 8.42 Å². The van der Waals surface area contributed by atoms with Gasteiger partial charge in [-0.25, -0.2) is 8.42 Å². The van der Waals surface area contributed by atoms with Crippen LogP contribution >= 0.6 is 0 Å². The average Bonchev–Trinajstić information content (AvgIpc) is 3.07. The Hall–Kier alpha value is -2.59. The van der Waals surface area contributed by atoms with E-state index >= 15 is 0 Å². The van der Waals surface area contributed by atoms with Gasteiger partial charge in [0, 0.05) is 6.54 Å². The Morgan fingerprint density at radius 1 is 0.708 bits per heavy atom. The summed E-state index contributed by atoms with van der Waals surface area (Å²) in [5, 5.41) is 0. The Morgan fingerprint density at radius 3 is 2.08 bits per heavy atom. The van der Waals surface area contributed by atoms with E-state index in [1.54, 1.807) is 12.1 Å². The Morgan fingerprint density at radius 2 is 1.33 bits per heavy atom. The summed E-state index contributed by atoms with van der Waals surface area (Å²) < 4.78 is 27.5. The highest BCUT2D eigenvalue weighted by Gasteiger charge is 2.30. The molecule has 120 valence electrons. The molecule has 0 spiro atoms. The normalized spacial score (nSPS) is 13.8. The summed E-state index contributed by atoms with van der Waals surface area (Å²) in [6.07, 6.45) is 0.761. The fourth-order valence-electron chi connectivity index (χ4n) is 3.13. The van der Waals surface area contributed by atoms with Crippen molar-refractivity contribution in [2.24, 2.45) is 0 Å². The third-order valence-electron chi connectivity index (χ3n) is 4.39. The molecule has 1 heterocycles. The van der Waals surface area contributed by atoms with Crippen LogP contribution in [0.5, 0.6) is 0 Å². The van der Waals surface area contributed by atoms with E-state index in [1.807, 2.05) is 66.7 Å². The zero-order valence-electron chi connectivity index (χ0n) is 13.1. The average molecular weight is 335 g/mol. The molecule has 0 amide bonds. The maximum absolute atomic E-state index is 13.0. The van der Waals surface area contributed by atoms with Crippen molar-refractivity contribution in [3.05, 3.63) is 84.4 Å². The summed E-state index contributed by atoms with van der Waals surface area (Å²) in [6.45, 7) is 0.502. The predicted octanol–water partition coefficient (Wildman–Crippen LogP) is 4.11. The van der Waals surface area contributed by atoms with E-state index in [0.717, 1.165) is 28.8 Å². The number of benzene rings is 3. The van der Waals surface area contributed by atoms with Crippen molar-refractivity contribution in [2.45, 2.75) is 11.3 Å². The number of fused-ring (bicyclic) bond motifs is 1. The summed E-state index contributed by atoms with van der Waals surface area (Å²) in [5.41, 5.74) is 3.97. The van der Waals surface area contributed by atoms with Crippen molar-refractivity contribution in [3.63, 3.8) is 0 Å². The number of sulfonamides is 1. The van der Waals surface area contributed by atoms with Gasteiger partial charge in [0.1, 0.15) is 0 Å². The van der Waals surface area contributed by atoms with Crippen LogP contribution in [0.2, 0.25) is 0 Å². The molecular weight excluding hydrogens is 318 g/mol. The van der Waals surface area contributed by atoms with Crippen LogP contribution < -0.4 is 4.31 Å². The maximum Gasteiger partial charge on any atom is 0.264 e. The lowest BCUT2D eigenvalue weighted by Gasteiger charge is -2.19. The third kappa shape index (κ3) is 2.49. The Labute approximate surface area is 142 Å². The van der Waals surface area contributed by atoms with Crippen LogP contribution in [0.1, 0.15) is 5.56 Å². The van der Waals surface area contributed by atoms with Crippen LogP contribution in [0.4, 0.5) is 5.69 Å². The largest absolute Gasteiger partial charge is 0.266 e. The molecule has 24 heavy (non-hydrogen) atoms. The molecule has 0 radical (unpaired) electrons. The highest BCUT2D eigenvalue weighted by Crippen LogP contribution is 2.33. The van der Waals surface area contributed by atoms with Gasteiger partial charge in [0.05, 0.1) is 10.6 Å². The van der Waals surface area contributed by atoms with Gasteiger partial charge < -0.3 is 0 Å². The summed E-state index contributed by atoms with van der Waals surface area (Å²) in [4.78, 5) is 0.332. The highest BCUT2D eigenvalue weighted by molar-refractivity contribution is 7.92. The summed E-state index contributed by atoms with van der Waals surface area (Å²) in [7, 11) is -3.52. The van der Waals surface area contributed by atoms with E-state index in [4.69, 9.17) is 0 Å². The second-order valence-electron chi connectivity index (χ2n) is 5.85. The molecule has 4 rings (SSSR count). The minimum absolute atomic E-state index is 0.332. The van der Waals surface area contributed by atoms with Crippen LogP contribution in [0.3, 0.4) is 0 Å². The van der Waals surface area contributed by atoms with Crippen molar-refractivity contribution in [1.29, 1.82) is 0 Å². The van der Waals surface area contributed by atoms with E-state index in [2.05, 4.69) is 0 Å². The zero-order valence-corrected chi connectivity index (χ0v) is 13.9. The number of para-hydroxylation sites is 1. The number of hydrogen-bond acceptors (Lipinski definition) is 2. The molecule has 0 aromatic heterocycles. The van der Waals surface area contributed by atoms with Crippen molar-refractivity contribution in [1.82, 2.24) is 0 Å². The molecule has 0 saturated carbocycles. The number of rotatable bonds is 3. The number of nitrogens with zero attached hydrogens (tertiary/aromatic N) is 1. The maximum atomic E-state index is 13.0. The summed E-state index contributed by atoms with van der Waals surface area (Å²) in [5.74, 6) is 0. The van der Waals surface area contributed by atoms with Crippen LogP contribution in [-0.4, -0.2) is 15.0 Å². The molecule has 3 aromatic rings. The lowest BCUT2D eigenvalue weighted by atomic mass is 10.1. The predicted molar refractivity (Wildman–Crippen MR) is 96.6 cm³/mol. The van der Waals surface area contributed by atoms with Crippen LogP contribution in [0.15, 0.2) is 83.8 Å². The third-order valence-corrected chi connectivity index (χ3v) is 6.22. The smallest absolute Gasteiger partial charge is 0.264 e. The highest BCUT2D eigenvalue weighted by atomic mass is 32.2. The molecule has 3 aromatic carbocycles.